The van der Waals surface area contributed by atoms with E-state index in [-0.39, 0.29) is 5.95 Å². The van der Waals surface area contributed by atoms with Crippen LogP contribution < -0.4 is 11.1 Å². The van der Waals surface area contributed by atoms with E-state index in [0.29, 0.717) is 29.9 Å². The lowest BCUT2D eigenvalue weighted by Gasteiger charge is -2.06. The van der Waals surface area contributed by atoms with Gasteiger partial charge < -0.3 is 15.5 Å². The van der Waals surface area contributed by atoms with Crippen molar-refractivity contribution >= 4 is 17.7 Å². The van der Waals surface area contributed by atoms with Crippen LogP contribution in [0.15, 0.2) is 47.1 Å². The van der Waals surface area contributed by atoms with Crippen LogP contribution in [0.1, 0.15) is 11.1 Å². The summed E-state index contributed by atoms with van der Waals surface area (Å²) in [4.78, 5) is 12.9. The molecule has 0 aliphatic carbocycles. The first kappa shape index (κ1) is 15.1. The van der Waals surface area contributed by atoms with Crippen LogP contribution in [-0.2, 0) is 6.42 Å². The van der Waals surface area contributed by atoms with E-state index in [1.54, 1.807) is 18.4 Å². The molecule has 1 aromatic carbocycles. The van der Waals surface area contributed by atoms with Crippen LogP contribution in [0.3, 0.4) is 0 Å². The minimum Gasteiger partial charge on any atom is -0.461 e. The maximum Gasteiger partial charge on any atom is 0.259 e. The van der Waals surface area contributed by atoms with Crippen LogP contribution in [0.5, 0.6) is 0 Å². The quantitative estimate of drug-likeness (QED) is 0.576. The van der Waals surface area contributed by atoms with E-state index in [9.17, 15) is 0 Å². The van der Waals surface area contributed by atoms with Crippen molar-refractivity contribution < 1.29 is 4.42 Å². The molecule has 25 heavy (non-hydrogen) atoms. The summed E-state index contributed by atoms with van der Waals surface area (Å²) in [5.41, 5.74) is 8.45. The second kappa shape index (κ2) is 6.23. The number of furan rings is 1. The molecule has 8 heteroatoms. The summed E-state index contributed by atoms with van der Waals surface area (Å²) in [6.45, 7) is 2.77. The number of benzene rings is 1. The molecular weight excluding hydrogens is 318 g/mol. The van der Waals surface area contributed by atoms with Gasteiger partial charge in [0.05, 0.1) is 6.26 Å². The van der Waals surface area contributed by atoms with Crippen LogP contribution >= 0.6 is 0 Å². The highest BCUT2D eigenvalue weighted by molar-refractivity contribution is 5.52. The number of rotatable bonds is 5. The van der Waals surface area contributed by atoms with E-state index < -0.39 is 0 Å². The third-order valence-electron chi connectivity index (χ3n) is 3.79. The summed E-state index contributed by atoms with van der Waals surface area (Å²) in [5, 5.41) is 7.44. The minimum atomic E-state index is 0.216. The molecule has 3 aromatic heterocycles. The van der Waals surface area contributed by atoms with Gasteiger partial charge >= 0.3 is 0 Å². The average Bonchev–Trinajstić information content (AvgIpc) is 3.26. The van der Waals surface area contributed by atoms with Gasteiger partial charge in [-0.05, 0) is 31.0 Å². The molecule has 0 bridgehead atoms. The van der Waals surface area contributed by atoms with Gasteiger partial charge in [0.15, 0.2) is 5.76 Å². The van der Waals surface area contributed by atoms with E-state index in [1.807, 2.05) is 0 Å². The second-order valence-corrected chi connectivity index (χ2v) is 5.69. The summed E-state index contributed by atoms with van der Waals surface area (Å²) in [7, 11) is 0. The Balaban J connectivity index is 1.51. The fourth-order valence-corrected chi connectivity index (χ4v) is 2.47. The van der Waals surface area contributed by atoms with Crippen molar-refractivity contribution in [1.82, 2.24) is 24.6 Å². The maximum atomic E-state index is 5.96. The molecule has 0 fully saturated rings. The van der Waals surface area contributed by atoms with Crippen LogP contribution in [-0.4, -0.2) is 31.1 Å². The van der Waals surface area contributed by atoms with Gasteiger partial charge in [0, 0.05) is 6.54 Å². The second-order valence-electron chi connectivity index (χ2n) is 5.69. The highest BCUT2D eigenvalue weighted by Crippen LogP contribution is 2.17. The van der Waals surface area contributed by atoms with Gasteiger partial charge in [-0.2, -0.15) is 19.5 Å². The van der Waals surface area contributed by atoms with Gasteiger partial charge in [-0.25, -0.2) is 0 Å². The molecule has 4 aromatic rings. The van der Waals surface area contributed by atoms with Crippen molar-refractivity contribution in [1.29, 1.82) is 0 Å². The zero-order valence-corrected chi connectivity index (χ0v) is 13.7. The Kier molecular flexibility index (Phi) is 3.77. The Bertz CT molecular complexity index is 990. The standard InChI is InChI=1S/C17H17N7O/c1-11-4-6-12(7-5-11)8-9-19-16-21-15(18)24-17(22-16)20-14(23-24)13-3-2-10-25-13/h2-7,10H,8-9H2,1H3,(H3,18,19,20,21,22,23). The van der Waals surface area contributed by atoms with Crippen molar-refractivity contribution in [3.05, 3.63) is 53.8 Å². The Morgan fingerprint density at radius 2 is 1.96 bits per heavy atom. The lowest BCUT2D eigenvalue weighted by Crippen LogP contribution is -2.12. The van der Waals surface area contributed by atoms with Crippen LogP contribution in [0.2, 0.25) is 0 Å². The number of nitrogen functional groups attached to an aromatic ring is 1. The molecule has 0 aliphatic rings. The van der Waals surface area contributed by atoms with Gasteiger partial charge in [-0.3, -0.25) is 0 Å². The fraction of sp³-hybridized carbons (Fsp3) is 0.176. The number of aryl methyl sites for hydroxylation is 1. The largest absolute Gasteiger partial charge is 0.461 e. The lowest BCUT2D eigenvalue weighted by molar-refractivity contribution is 0.577. The first-order chi connectivity index (χ1) is 12.2. The van der Waals surface area contributed by atoms with Crippen molar-refractivity contribution in [2.24, 2.45) is 0 Å². The normalized spacial score (nSPS) is 11.1. The van der Waals surface area contributed by atoms with E-state index in [2.05, 4.69) is 56.6 Å². The molecule has 126 valence electrons. The average molecular weight is 335 g/mol. The summed E-state index contributed by atoms with van der Waals surface area (Å²) in [6.07, 6.45) is 2.42. The van der Waals surface area contributed by atoms with Gasteiger partial charge in [0.1, 0.15) is 0 Å². The van der Waals surface area contributed by atoms with Gasteiger partial charge in [0.25, 0.3) is 5.78 Å². The number of nitrogens with zero attached hydrogens (tertiary/aromatic N) is 5. The number of hydrogen-bond donors (Lipinski definition) is 2. The Morgan fingerprint density at radius 1 is 1.12 bits per heavy atom. The van der Waals surface area contributed by atoms with Gasteiger partial charge in [0.2, 0.25) is 17.7 Å². The van der Waals surface area contributed by atoms with E-state index in [4.69, 9.17) is 10.2 Å². The molecule has 0 aliphatic heterocycles. The van der Waals surface area contributed by atoms with Crippen LogP contribution in [0.4, 0.5) is 11.9 Å². The molecular formula is C17H17N7O. The molecule has 4 rings (SSSR count). The van der Waals surface area contributed by atoms with Crippen molar-refractivity contribution in [3.63, 3.8) is 0 Å². The maximum absolute atomic E-state index is 5.96. The molecule has 3 N–H and O–H groups in total. The highest BCUT2D eigenvalue weighted by Gasteiger charge is 2.13. The SMILES string of the molecule is Cc1ccc(CCNc2nc(N)n3nc(-c4ccco4)nc3n2)cc1. The predicted octanol–water partition coefficient (Wildman–Crippen LogP) is 2.32. The van der Waals surface area contributed by atoms with Crippen molar-refractivity contribution in [2.45, 2.75) is 13.3 Å². The smallest absolute Gasteiger partial charge is 0.259 e. The monoisotopic (exact) mass is 335 g/mol. The Morgan fingerprint density at radius 3 is 2.72 bits per heavy atom. The molecule has 0 unspecified atom stereocenters. The Hall–Kier alpha value is -3.42. The van der Waals surface area contributed by atoms with E-state index >= 15 is 0 Å². The third kappa shape index (κ3) is 3.14. The Labute approximate surface area is 143 Å². The number of aromatic nitrogens is 5. The van der Waals surface area contributed by atoms with Crippen molar-refractivity contribution in [3.8, 4) is 11.6 Å². The fourth-order valence-electron chi connectivity index (χ4n) is 2.47. The summed E-state index contributed by atoms with van der Waals surface area (Å²) >= 11 is 0. The third-order valence-corrected chi connectivity index (χ3v) is 3.79. The predicted molar refractivity (Wildman–Crippen MR) is 94.1 cm³/mol. The molecule has 3 heterocycles. The molecule has 0 atom stereocenters. The number of hydrogen-bond acceptors (Lipinski definition) is 7. The molecule has 8 nitrogen and oxygen atoms in total. The van der Waals surface area contributed by atoms with E-state index in [1.165, 1.54) is 15.6 Å². The zero-order chi connectivity index (χ0) is 17.2. The zero-order valence-electron chi connectivity index (χ0n) is 13.7. The van der Waals surface area contributed by atoms with E-state index in [0.717, 1.165) is 6.42 Å². The first-order valence-corrected chi connectivity index (χ1v) is 7.92. The highest BCUT2D eigenvalue weighted by atomic mass is 16.3. The molecule has 0 amide bonds. The van der Waals surface area contributed by atoms with Gasteiger partial charge in [-0.15, -0.1) is 5.10 Å². The van der Waals surface area contributed by atoms with Crippen LogP contribution in [0.25, 0.3) is 17.4 Å². The summed E-state index contributed by atoms with van der Waals surface area (Å²) in [6, 6.07) is 12.0. The molecule has 0 spiro atoms. The first-order valence-electron chi connectivity index (χ1n) is 7.92. The minimum absolute atomic E-state index is 0.216. The number of nitrogens with one attached hydrogen (secondary N) is 1. The van der Waals surface area contributed by atoms with Gasteiger partial charge in [-0.1, -0.05) is 29.8 Å². The molecule has 0 saturated heterocycles. The lowest BCUT2D eigenvalue weighted by atomic mass is 10.1. The molecule has 0 saturated carbocycles. The number of fused-ring (bicyclic) bond motifs is 1. The number of anilines is 2. The van der Waals surface area contributed by atoms with Crippen molar-refractivity contribution in [2.75, 3.05) is 17.6 Å². The number of nitrogens with two attached hydrogens (primary N) is 1. The topological polar surface area (TPSA) is 107 Å². The molecule has 0 radical (unpaired) electrons. The summed E-state index contributed by atoms with van der Waals surface area (Å²) < 4.78 is 6.69. The van der Waals surface area contributed by atoms with Crippen LogP contribution in [0, 0.1) is 6.92 Å². The summed E-state index contributed by atoms with van der Waals surface area (Å²) in [5.74, 6) is 1.99.